The molecule has 3 nitrogen and oxygen atoms in total. The summed E-state index contributed by atoms with van der Waals surface area (Å²) < 4.78 is 0. The van der Waals surface area contributed by atoms with Crippen molar-refractivity contribution in [1.82, 2.24) is 0 Å². The highest BCUT2D eigenvalue weighted by Crippen LogP contribution is 2.43. The van der Waals surface area contributed by atoms with Crippen molar-refractivity contribution in [3.05, 3.63) is 29.3 Å². The van der Waals surface area contributed by atoms with Crippen LogP contribution in [0.5, 0.6) is 0 Å². The van der Waals surface area contributed by atoms with E-state index in [1.165, 1.54) is 12.8 Å². The van der Waals surface area contributed by atoms with Gasteiger partial charge in [-0.1, -0.05) is 19.1 Å². The quantitative estimate of drug-likeness (QED) is 0.876. The van der Waals surface area contributed by atoms with Gasteiger partial charge in [-0.3, -0.25) is 4.79 Å². The van der Waals surface area contributed by atoms with Crippen LogP contribution < -0.4 is 5.32 Å². The lowest BCUT2D eigenvalue weighted by Gasteiger charge is -2.20. The van der Waals surface area contributed by atoms with E-state index in [2.05, 4.69) is 18.3 Å². The van der Waals surface area contributed by atoms with E-state index in [0.29, 0.717) is 18.3 Å². The zero-order chi connectivity index (χ0) is 13.4. The van der Waals surface area contributed by atoms with Gasteiger partial charge in [0.05, 0.1) is 6.10 Å². The van der Waals surface area contributed by atoms with Crippen molar-refractivity contribution in [2.75, 3.05) is 5.32 Å². The molecular formula is C16H21NO2. The maximum absolute atomic E-state index is 11.5. The number of hydrogen-bond acceptors (Lipinski definition) is 2. The first-order valence-corrected chi connectivity index (χ1v) is 7.26. The average Bonchev–Trinajstić information content (AvgIpc) is 3.23. The molecule has 0 radical (unpaired) electrons. The Morgan fingerprint density at radius 1 is 1.32 bits per heavy atom. The highest BCUT2D eigenvalue weighted by molar-refractivity contribution is 5.92. The van der Waals surface area contributed by atoms with Gasteiger partial charge in [0.15, 0.2) is 0 Å². The third kappa shape index (κ3) is 2.66. The number of fused-ring (bicyclic) bond motifs is 1. The van der Waals surface area contributed by atoms with Crippen molar-refractivity contribution in [1.29, 1.82) is 0 Å². The summed E-state index contributed by atoms with van der Waals surface area (Å²) in [6.07, 6.45) is 4.50. The van der Waals surface area contributed by atoms with Gasteiger partial charge >= 0.3 is 0 Å². The summed E-state index contributed by atoms with van der Waals surface area (Å²) in [5, 5.41) is 13.4. The van der Waals surface area contributed by atoms with Gasteiger partial charge in [-0.15, -0.1) is 0 Å². The van der Waals surface area contributed by atoms with E-state index < -0.39 is 0 Å². The van der Waals surface area contributed by atoms with Crippen LogP contribution in [0.3, 0.4) is 0 Å². The molecule has 3 rings (SSSR count). The van der Waals surface area contributed by atoms with Gasteiger partial charge in [0.25, 0.3) is 0 Å². The molecule has 1 amide bonds. The minimum atomic E-state index is -0.378. The molecule has 2 N–H and O–H groups in total. The lowest BCUT2D eigenvalue weighted by atomic mass is 9.91. The van der Waals surface area contributed by atoms with Gasteiger partial charge in [-0.05, 0) is 54.7 Å². The molecule has 0 saturated heterocycles. The molecule has 1 aromatic carbocycles. The number of anilines is 1. The molecule has 19 heavy (non-hydrogen) atoms. The van der Waals surface area contributed by atoms with Crippen LogP contribution in [0.4, 0.5) is 5.69 Å². The fourth-order valence-electron chi connectivity index (χ4n) is 2.96. The van der Waals surface area contributed by atoms with Gasteiger partial charge in [0.1, 0.15) is 0 Å². The molecule has 2 aliphatic rings. The van der Waals surface area contributed by atoms with E-state index in [1.54, 1.807) is 0 Å². The second-order valence-corrected chi connectivity index (χ2v) is 5.96. The summed E-state index contributed by atoms with van der Waals surface area (Å²) in [7, 11) is 0. The first-order chi connectivity index (χ1) is 9.15. The summed E-state index contributed by atoms with van der Waals surface area (Å²) >= 11 is 0. The molecule has 1 aliphatic heterocycles. The van der Waals surface area contributed by atoms with Gasteiger partial charge in [-0.25, -0.2) is 0 Å². The number of rotatable bonds is 3. The van der Waals surface area contributed by atoms with E-state index in [-0.39, 0.29) is 12.0 Å². The Morgan fingerprint density at radius 2 is 2.11 bits per heavy atom. The number of hydrogen-bond donors (Lipinski definition) is 2. The third-order valence-corrected chi connectivity index (χ3v) is 4.46. The van der Waals surface area contributed by atoms with Crippen LogP contribution in [0.2, 0.25) is 0 Å². The van der Waals surface area contributed by atoms with Crippen LogP contribution in [0.15, 0.2) is 18.2 Å². The smallest absolute Gasteiger partial charge is 0.224 e. The van der Waals surface area contributed by atoms with E-state index in [4.69, 9.17) is 0 Å². The van der Waals surface area contributed by atoms with Crippen molar-refractivity contribution in [2.45, 2.75) is 45.1 Å². The fraction of sp³-hybridized carbons (Fsp3) is 0.562. The van der Waals surface area contributed by atoms with Crippen molar-refractivity contribution in [3.63, 3.8) is 0 Å². The number of amides is 1. The van der Waals surface area contributed by atoms with Gasteiger partial charge in [0, 0.05) is 12.1 Å². The van der Waals surface area contributed by atoms with Crippen molar-refractivity contribution < 1.29 is 9.90 Å². The molecule has 1 fully saturated rings. The molecule has 0 aromatic heterocycles. The molecule has 1 saturated carbocycles. The van der Waals surface area contributed by atoms with Crippen LogP contribution in [0, 0.1) is 11.8 Å². The molecular weight excluding hydrogens is 238 g/mol. The van der Waals surface area contributed by atoms with Crippen molar-refractivity contribution in [2.24, 2.45) is 11.8 Å². The number of aliphatic hydroxyl groups excluding tert-OH is 1. The van der Waals surface area contributed by atoms with Crippen LogP contribution >= 0.6 is 0 Å². The molecule has 1 heterocycles. The largest absolute Gasteiger partial charge is 0.388 e. The summed E-state index contributed by atoms with van der Waals surface area (Å²) in [6, 6.07) is 5.97. The SMILES string of the molecule is CC(C1CC1)C(O)c1ccc2c(c1)CCCC(=O)N2. The van der Waals surface area contributed by atoms with Gasteiger partial charge < -0.3 is 10.4 Å². The summed E-state index contributed by atoms with van der Waals surface area (Å²) in [5.74, 6) is 1.12. The molecule has 102 valence electrons. The standard InChI is InChI=1S/C16H21NO2/c1-10(11-5-6-11)16(19)13-7-8-14-12(9-13)3-2-4-15(18)17-14/h7-11,16,19H,2-6H2,1H3,(H,17,18). The minimum Gasteiger partial charge on any atom is -0.388 e. The lowest BCUT2D eigenvalue weighted by molar-refractivity contribution is -0.116. The number of aliphatic hydroxyl groups is 1. The Morgan fingerprint density at radius 3 is 2.84 bits per heavy atom. The second kappa shape index (κ2) is 4.97. The van der Waals surface area contributed by atoms with Crippen molar-refractivity contribution >= 4 is 11.6 Å². The first kappa shape index (κ1) is 12.7. The Bertz CT molecular complexity index is 494. The molecule has 2 unspecified atom stereocenters. The first-order valence-electron chi connectivity index (χ1n) is 7.26. The van der Waals surface area contributed by atoms with Gasteiger partial charge in [-0.2, -0.15) is 0 Å². The van der Waals surface area contributed by atoms with Crippen LogP contribution in [0.1, 0.15) is 49.8 Å². The predicted molar refractivity (Wildman–Crippen MR) is 74.9 cm³/mol. The third-order valence-electron chi connectivity index (χ3n) is 4.46. The second-order valence-electron chi connectivity index (χ2n) is 5.96. The molecule has 1 aliphatic carbocycles. The maximum atomic E-state index is 11.5. The van der Waals surface area contributed by atoms with Crippen LogP contribution in [-0.2, 0) is 11.2 Å². The highest BCUT2D eigenvalue weighted by atomic mass is 16.3. The maximum Gasteiger partial charge on any atom is 0.224 e. The summed E-state index contributed by atoms with van der Waals surface area (Å²) in [5.41, 5.74) is 3.07. The van der Waals surface area contributed by atoms with Crippen molar-refractivity contribution in [3.8, 4) is 0 Å². The minimum absolute atomic E-state index is 0.0957. The molecule has 0 bridgehead atoms. The topological polar surface area (TPSA) is 49.3 Å². The Balaban J connectivity index is 1.83. The number of carbonyl (C=O) groups excluding carboxylic acids is 1. The number of nitrogens with one attached hydrogen (secondary N) is 1. The van der Waals surface area contributed by atoms with E-state index >= 15 is 0 Å². The van der Waals surface area contributed by atoms with E-state index in [0.717, 1.165) is 29.7 Å². The zero-order valence-corrected chi connectivity index (χ0v) is 11.4. The Labute approximate surface area is 114 Å². The fourth-order valence-corrected chi connectivity index (χ4v) is 2.96. The van der Waals surface area contributed by atoms with Crippen LogP contribution in [-0.4, -0.2) is 11.0 Å². The monoisotopic (exact) mass is 259 g/mol. The van der Waals surface area contributed by atoms with E-state index in [1.807, 2.05) is 12.1 Å². The molecule has 1 aromatic rings. The highest BCUT2D eigenvalue weighted by Gasteiger charge is 2.33. The van der Waals surface area contributed by atoms with Gasteiger partial charge in [0.2, 0.25) is 5.91 Å². The predicted octanol–water partition coefficient (Wildman–Crippen LogP) is 3.04. The Hall–Kier alpha value is -1.35. The summed E-state index contributed by atoms with van der Waals surface area (Å²) in [4.78, 5) is 11.5. The van der Waals surface area contributed by atoms with E-state index in [9.17, 15) is 9.90 Å². The van der Waals surface area contributed by atoms with Crippen LogP contribution in [0.25, 0.3) is 0 Å². The molecule has 2 atom stereocenters. The number of carbonyl (C=O) groups is 1. The number of aryl methyl sites for hydroxylation is 1. The average molecular weight is 259 g/mol. The zero-order valence-electron chi connectivity index (χ0n) is 11.4. The normalized spacial score (nSPS) is 22.1. The molecule has 3 heteroatoms. The lowest BCUT2D eigenvalue weighted by Crippen LogP contribution is -2.12. The summed E-state index contributed by atoms with van der Waals surface area (Å²) in [6.45, 7) is 2.13. The Kier molecular flexibility index (Phi) is 3.31. The number of benzene rings is 1. The molecule has 0 spiro atoms.